The number of nitrogens with zero attached hydrogens (tertiary/aromatic N) is 4. The summed E-state index contributed by atoms with van der Waals surface area (Å²) in [6.07, 6.45) is 2.25. The minimum Gasteiger partial charge on any atom is -0.419 e. The lowest BCUT2D eigenvalue weighted by Crippen LogP contribution is -2.53. The number of carbonyl (C=O) groups is 1. The zero-order chi connectivity index (χ0) is 18.8. The minimum atomic E-state index is -0.0701. The fraction of sp³-hybridized carbons (Fsp3) is 0.526. The molecule has 1 N–H and O–H groups in total. The Morgan fingerprint density at radius 1 is 1.30 bits per heavy atom. The molecule has 1 atom stereocenters. The summed E-state index contributed by atoms with van der Waals surface area (Å²) in [5.41, 5.74) is 0.906. The lowest BCUT2D eigenvalue weighted by molar-refractivity contribution is -0.126. The molecule has 2 heterocycles. The molecule has 4 rings (SSSR count). The predicted molar refractivity (Wildman–Crippen MR) is 105 cm³/mol. The van der Waals surface area contributed by atoms with Gasteiger partial charge in [-0.2, -0.15) is 0 Å². The van der Waals surface area contributed by atoms with E-state index in [0.717, 1.165) is 49.1 Å². The molecule has 1 aliphatic carbocycles. The lowest BCUT2D eigenvalue weighted by atomic mass is 10.2. The number of benzene rings is 1. The van der Waals surface area contributed by atoms with Crippen LogP contribution in [0.3, 0.4) is 0 Å². The molecular weight excluding hydrogens is 410 g/mol. The Kier molecular flexibility index (Phi) is 5.56. The smallest absolute Gasteiger partial charge is 0.247 e. The lowest BCUT2D eigenvalue weighted by Gasteiger charge is -2.36. The van der Waals surface area contributed by atoms with Crippen LogP contribution in [-0.4, -0.2) is 64.2 Å². The Hall–Kier alpha value is -1.77. The second kappa shape index (κ2) is 8.08. The molecule has 2 aliphatic rings. The van der Waals surface area contributed by atoms with Crippen molar-refractivity contribution >= 4 is 21.8 Å². The highest BCUT2D eigenvalue weighted by atomic mass is 79.9. The molecule has 0 bridgehead atoms. The van der Waals surface area contributed by atoms with Gasteiger partial charge in [-0.3, -0.25) is 14.6 Å². The molecular formula is C19H24BrN5O2. The van der Waals surface area contributed by atoms with Gasteiger partial charge in [-0.05, 0) is 38.0 Å². The van der Waals surface area contributed by atoms with E-state index in [1.165, 1.54) is 0 Å². The third kappa shape index (κ3) is 4.75. The summed E-state index contributed by atoms with van der Waals surface area (Å²) in [4.78, 5) is 16.8. The molecule has 0 spiro atoms. The summed E-state index contributed by atoms with van der Waals surface area (Å²) in [5, 5.41) is 11.4. The van der Waals surface area contributed by atoms with Gasteiger partial charge in [0.2, 0.25) is 17.7 Å². The van der Waals surface area contributed by atoms with Crippen molar-refractivity contribution in [3.63, 3.8) is 0 Å². The highest BCUT2D eigenvalue weighted by Gasteiger charge is 2.30. The van der Waals surface area contributed by atoms with Crippen LogP contribution >= 0.6 is 15.9 Å². The quantitative estimate of drug-likeness (QED) is 0.752. The maximum atomic E-state index is 12.2. The third-order valence-electron chi connectivity index (χ3n) is 5.16. The van der Waals surface area contributed by atoms with E-state index < -0.39 is 0 Å². The van der Waals surface area contributed by atoms with Crippen LogP contribution in [0.5, 0.6) is 0 Å². The van der Waals surface area contributed by atoms with Gasteiger partial charge in [0, 0.05) is 42.3 Å². The van der Waals surface area contributed by atoms with Gasteiger partial charge in [-0.25, -0.2) is 0 Å². The number of carbonyl (C=O) groups excluding carboxylic acids is 1. The number of rotatable bonds is 6. The summed E-state index contributed by atoms with van der Waals surface area (Å²) >= 11 is 3.46. The van der Waals surface area contributed by atoms with E-state index in [-0.39, 0.29) is 11.9 Å². The molecule has 1 amide bonds. The van der Waals surface area contributed by atoms with Gasteiger partial charge in [0.25, 0.3) is 0 Å². The first-order valence-electron chi connectivity index (χ1n) is 9.43. The van der Waals surface area contributed by atoms with E-state index in [2.05, 4.69) is 41.2 Å². The maximum Gasteiger partial charge on any atom is 0.247 e. The van der Waals surface area contributed by atoms with E-state index in [0.29, 0.717) is 24.4 Å². The van der Waals surface area contributed by atoms with Crippen molar-refractivity contribution in [1.82, 2.24) is 25.3 Å². The number of aromatic nitrogens is 2. The number of hydrogen-bond donors (Lipinski definition) is 1. The average molecular weight is 434 g/mol. The summed E-state index contributed by atoms with van der Waals surface area (Å²) in [6, 6.07) is 8.17. The molecule has 1 unspecified atom stereocenters. The van der Waals surface area contributed by atoms with Crippen molar-refractivity contribution in [2.45, 2.75) is 38.4 Å². The number of halogens is 1. The molecule has 0 radical (unpaired) electrons. The summed E-state index contributed by atoms with van der Waals surface area (Å²) in [6.45, 7) is 6.14. The van der Waals surface area contributed by atoms with Crippen LogP contribution in [0.2, 0.25) is 0 Å². The van der Waals surface area contributed by atoms with Gasteiger partial charge in [-0.1, -0.05) is 22.0 Å². The monoisotopic (exact) mass is 433 g/mol. The molecule has 1 aliphatic heterocycles. The van der Waals surface area contributed by atoms with Crippen LogP contribution in [0.1, 0.15) is 25.7 Å². The van der Waals surface area contributed by atoms with Gasteiger partial charge < -0.3 is 9.73 Å². The highest BCUT2D eigenvalue weighted by Crippen LogP contribution is 2.22. The van der Waals surface area contributed by atoms with Crippen molar-refractivity contribution in [1.29, 1.82) is 0 Å². The minimum absolute atomic E-state index is 0.0701. The van der Waals surface area contributed by atoms with Crippen LogP contribution in [0, 0.1) is 0 Å². The largest absolute Gasteiger partial charge is 0.419 e. The predicted octanol–water partition coefficient (Wildman–Crippen LogP) is 2.28. The summed E-state index contributed by atoms with van der Waals surface area (Å²) in [7, 11) is 0. The number of amides is 1. The maximum absolute atomic E-state index is 12.2. The highest BCUT2D eigenvalue weighted by molar-refractivity contribution is 9.10. The van der Waals surface area contributed by atoms with Crippen molar-refractivity contribution in [3.05, 3.63) is 34.6 Å². The number of piperazine rings is 1. The van der Waals surface area contributed by atoms with Crippen LogP contribution in [0.15, 0.2) is 33.2 Å². The summed E-state index contributed by atoms with van der Waals surface area (Å²) < 4.78 is 6.81. The molecule has 7 nitrogen and oxygen atoms in total. The van der Waals surface area contributed by atoms with Crippen LogP contribution in [0.4, 0.5) is 0 Å². The van der Waals surface area contributed by atoms with Crippen LogP contribution < -0.4 is 5.32 Å². The molecule has 2 fully saturated rings. The van der Waals surface area contributed by atoms with Crippen molar-refractivity contribution in [3.8, 4) is 11.5 Å². The Morgan fingerprint density at radius 2 is 2.07 bits per heavy atom. The first kappa shape index (κ1) is 18.6. The zero-order valence-electron chi connectivity index (χ0n) is 15.4. The molecule has 2 aromatic rings. The Morgan fingerprint density at radius 3 is 2.78 bits per heavy atom. The van der Waals surface area contributed by atoms with Crippen LogP contribution in [0.25, 0.3) is 11.5 Å². The van der Waals surface area contributed by atoms with E-state index in [1.807, 2.05) is 31.2 Å². The van der Waals surface area contributed by atoms with E-state index in [9.17, 15) is 4.79 Å². The Labute approximate surface area is 167 Å². The number of nitrogens with one attached hydrogen (secondary N) is 1. The molecule has 1 saturated heterocycles. The first-order chi connectivity index (χ1) is 13.1. The van der Waals surface area contributed by atoms with Gasteiger partial charge in [0.05, 0.1) is 12.6 Å². The van der Waals surface area contributed by atoms with Gasteiger partial charge in [0.15, 0.2) is 0 Å². The van der Waals surface area contributed by atoms with E-state index >= 15 is 0 Å². The molecule has 1 aromatic heterocycles. The topological polar surface area (TPSA) is 74.5 Å². The van der Waals surface area contributed by atoms with Gasteiger partial charge >= 0.3 is 0 Å². The SMILES string of the molecule is CC(C(=O)NC1CC1)N1CCN(Cc2nnc(-c3cccc(Br)c3)o2)CC1. The molecule has 144 valence electrons. The third-order valence-corrected chi connectivity index (χ3v) is 5.65. The Bertz CT molecular complexity index is 799. The van der Waals surface area contributed by atoms with Gasteiger partial charge in [-0.15, -0.1) is 10.2 Å². The number of hydrogen-bond acceptors (Lipinski definition) is 6. The second-order valence-corrected chi connectivity index (χ2v) is 8.20. The second-order valence-electron chi connectivity index (χ2n) is 7.28. The fourth-order valence-electron chi connectivity index (χ4n) is 3.27. The standard InChI is InChI=1S/C19H24BrN5O2/c1-13(18(26)21-16-5-6-16)25-9-7-24(8-10-25)12-17-22-23-19(27-17)14-3-2-4-15(20)11-14/h2-4,11,13,16H,5-10,12H2,1H3,(H,21,26). The fourth-order valence-corrected chi connectivity index (χ4v) is 3.67. The van der Waals surface area contributed by atoms with Crippen molar-refractivity contribution in [2.75, 3.05) is 26.2 Å². The molecule has 8 heteroatoms. The zero-order valence-corrected chi connectivity index (χ0v) is 17.0. The average Bonchev–Trinajstić information content (AvgIpc) is 3.36. The van der Waals surface area contributed by atoms with Gasteiger partial charge in [0.1, 0.15) is 0 Å². The van der Waals surface area contributed by atoms with Crippen LogP contribution in [-0.2, 0) is 11.3 Å². The Balaban J connectivity index is 1.28. The van der Waals surface area contributed by atoms with Crippen molar-refractivity contribution < 1.29 is 9.21 Å². The normalized spacial score (nSPS) is 19.8. The first-order valence-corrected chi connectivity index (χ1v) is 10.2. The molecule has 1 saturated carbocycles. The van der Waals surface area contributed by atoms with E-state index in [1.54, 1.807) is 0 Å². The van der Waals surface area contributed by atoms with E-state index in [4.69, 9.17) is 4.42 Å². The van der Waals surface area contributed by atoms with Crippen molar-refractivity contribution in [2.24, 2.45) is 0 Å². The molecule has 27 heavy (non-hydrogen) atoms. The summed E-state index contributed by atoms with van der Waals surface area (Å²) in [5.74, 6) is 1.31. The molecule has 1 aromatic carbocycles.